The van der Waals surface area contributed by atoms with Crippen LogP contribution in [0.2, 0.25) is 0 Å². The highest BCUT2D eigenvalue weighted by molar-refractivity contribution is 5.60. The van der Waals surface area contributed by atoms with E-state index in [1.807, 2.05) is 48.5 Å². The molecule has 1 fully saturated rings. The van der Waals surface area contributed by atoms with Gasteiger partial charge in [-0.1, -0.05) is 0 Å². The minimum atomic E-state index is -1.28. The van der Waals surface area contributed by atoms with Gasteiger partial charge < -0.3 is 54.0 Å². The van der Waals surface area contributed by atoms with E-state index in [1.165, 1.54) is 31.6 Å². The SMILES string of the molecule is Nc1ccc(N)c(CNc2ccc(N3CCCC3)cc2)c1.Nc1ccc(N)c(CNc2ccc(NCCC(O)O)cc2)c1. The standard InChI is InChI=1S/C17H22N4.C16H22N4O2/c18-14-3-8-17(19)13(11-14)12-20-15-4-6-16(7-5-15)21-9-1-2-10-21;17-12-1-6-15(18)11(9-12)10-20-14-4-2-13(3-5-14)19-8-7-16(21)22/h3-8,11,20H,1-2,9-10,12,18-19H2;1-6,9,16,19-22H,7-8,10,17-18H2. The summed E-state index contributed by atoms with van der Waals surface area (Å²) >= 11 is 0. The van der Waals surface area contributed by atoms with Crippen LogP contribution in [0.5, 0.6) is 0 Å². The summed E-state index contributed by atoms with van der Waals surface area (Å²) in [5, 5.41) is 27.4. The minimum Gasteiger partial charge on any atom is -0.399 e. The lowest BCUT2D eigenvalue weighted by Crippen LogP contribution is -2.17. The number of nitrogens with two attached hydrogens (primary N) is 4. The Morgan fingerprint density at radius 3 is 1.51 bits per heavy atom. The first-order valence-electron chi connectivity index (χ1n) is 14.6. The molecular weight excluding hydrogens is 540 g/mol. The largest absolute Gasteiger partial charge is 0.399 e. The fraction of sp³-hybridized carbons (Fsp3) is 0.273. The number of nitrogens with one attached hydrogen (secondary N) is 3. The first-order valence-corrected chi connectivity index (χ1v) is 14.6. The van der Waals surface area contributed by atoms with Gasteiger partial charge in [0.2, 0.25) is 0 Å². The van der Waals surface area contributed by atoms with Gasteiger partial charge in [0, 0.05) is 84.6 Å². The topological polar surface area (TPSA) is 184 Å². The lowest BCUT2D eigenvalue weighted by Gasteiger charge is -2.18. The molecule has 0 amide bonds. The summed E-state index contributed by atoms with van der Waals surface area (Å²) in [6.07, 6.45) is 1.61. The summed E-state index contributed by atoms with van der Waals surface area (Å²) in [7, 11) is 0. The van der Waals surface area contributed by atoms with Crippen LogP contribution in [0.4, 0.5) is 45.5 Å². The Labute approximate surface area is 253 Å². The summed E-state index contributed by atoms with van der Waals surface area (Å²) in [5.41, 5.74) is 32.6. The fourth-order valence-corrected chi connectivity index (χ4v) is 4.77. The third-order valence-corrected chi connectivity index (χ3v) is 7.26. The van der Waals surface area contributed by atoms with Gasteiger partial charge in [-0.2, -0.15) is 0 Å². The van der Waals surface area contributed by atoms with E-state index in [-0.39, 0.29) is 6.42 Å². The molecule has 10 heteroatoms. The predicted octanol–water partition coefficient (Wildman–Crippen LogP) is 4.64. The second-order valence-electron chi connectivity index (χ2n) is 10.6. The van der Waals surface area contributed by atoms with E-state index in [0.717, 1.165) is 39.6 Å². The van der Waals surface area contributed by atoms with Gasteiger partial charge in [-0.25, -0.2) is 0 Å². The maximum Gasteiger partial charge on any atom is 0.153 e. The number of hydrogen-bond donors (Lipinski definition) is 9. The molecule has 1 aliphatic rings. The van der Waals surface area contributed by atoms with Crippen molar-refractivity contribution in [3.05, 3.63) is 96.1 Å². The number of hydrogen-bond acceptors (Lipinski definition) is 10. The average Bonchev–Trinajstić information content (AvgIpc) is 3.54. The number of aliphatic hydroxyl groups is 2. The molecule has 4 aromatic carbocycles. The summed E-state index contributed by atoms with van der Waals surface area (Å²) in [4.78, 5) is 2.43. The highest BCUT2D eigenvalue weighted by Crippen LogP contribution is 2.23. The van der Waals surface area contributed by atoms with Crippen LogP contribution in [0.3, 0.4) is 0 Å². The Balaban J connectivity index is 0.000000197. The zero-order valence-corrected chi connectivity index (χ0v) is 24.5. The van der Waals surface area contributed by atoms with E-state index < -0.39 is 6.29 Å². The molecule has 0 aromatic heterocycles. The average molecular weight is 585 g/mol. The first-order chi connectivity index (χ1) is 20.8. The van der Waals surface area contributed by atoms with Crippen molar-refractivity contribution in [1.82, 2.24) is 0 Å². The van der Waals surface area contributed by atoms with E-state index in [0.29, 0.717) is 31.0 Å². The van der Waals surface area contributed by atoms with Crippen LogP contribution < -0.4 is 43.8 Å². The number of benzene rings is 4. The molecule has 1 saturated heterocycles. The highest BCUT2D eigenvalue weighted by Gasteiger charge is 2.11. The monoisotopic (exact) mass is 584 g/mol. The Hall–Kier alpha value is -4.80. The molecule has 0 aliphatic carbocycles. The maximum atomic E-state index is 8.78. The van der Waals surface area contributed by atoms with Crippen molar-refractivity contribution in [3.63, 3.8) is 0 Å². The smallest absolute Gasteiger partial charge is 0.153 e. The van der Waals surface area contributed by atoms with Gasteiger partial charge in [0.25, 0.3) is 0 Å². The first kappa shape index (κ1) is 31.1. The lowest BCUT2D eigenvalue weighted by molar-refractivity contribution is -0.0423. The van der Waals surface area contributed by atoms with Gasteiger partial charge in [-0.15, -0.1) is 0 Å². The van der Waals surface area contributed by atoms with Gasteiger partial charge in [0.1, 0.15) is 0 Å². The van der Waals surface area contributed by atoms with E-state index in [4.69, 9.17) is 33.1 Å². The molecule has 0 radical (unpaired) electrons. The molecule has 10 nitrogen and oxygen atoms in total. The van der Waals surface area contributed by atoms with Crippen molar-refractivity contribution < 1.29 is 10.2 Å². The summed E-state index contributed by atoms with van der Waals surface area (Å²) < 4.78 is 0. The van der Waals surface area contributed by atoms with Crippen molar-refractivity contribution in [3.8, 4) is 0 Å². The molecular formula is C33H44N8O2. The zero-order valence-electron chi connectivity index (χ0n) is 24.5. The van der Waals surface area contributed by atoms with Gasteiger partial charge in [0.05, 0.1) is 0 Å². The van der Waals surface area contributed by atoms with Gasteiger partial charge in [-0.05, 0) is 109 Å². The number of aliphatic hydroxyl groups excluding tert-OH is 1. The molecule has 0 saturated carbocycles. The molecule has 0 unspecified atom stereocenters. The predicted molar refractivity (Wildman–Crippen MR) is 181 cm³/mol. The summed E-state index contributed by atoms with van der Waals surface area (Å²) in [6, 6.07) is 27.4. The van der Waals surface area contributed by atoms with Gasteiger partial charge in [0.15, 0.2) is 6.29 Å². The van der Waals surface area contributed by atoms with Crippen molar-refractivity contribution in [2.75, 3.05) is 63.4 Å². The number of nitrogen functional groups attached to an aromatic ring is 4. The van der Waals surface area contributed by atoms with Gasteiger partial charge in [-0.3, -0.25) is 0 Å². The van der Waals surface area contributed by atoms with Crippen molar-refractivity contribution in [1.29, 1.82) is 0 Å². The van der Waals surface area contributed by atoms with E-state index in [2.05, 4.69) is 45.1 Å². The Morgan fingerprint density at radius 2 is 1.05 bits per heavy atom. The number of rotatable bonds is 11. The number of anilines is 8. The minimum absolute atomic E-state index is 0.286. The second-order valence-corrected chi connectivity index (χ2v) is 10.6. The van der Waals surface area contributed by atoms with Crippen LogP contribution in [0.1, 0.15) is 30.4 Å². The molecule has 228 valence electrons. The normalized spacial score (nSPS) is 12.5. The maximum absolute atomic E-state index is 8.78. The third-order valence-electron chi connectivity index (χ3n) is 7.26. The zero-order chi connectivity index (χ0) is 30.6. The molecule has 13 N–H and O–H groups in total. The molecule has 43 heavy (non-hydrogen) atoms. The Bertz CT molecular complexity index is 1420. The van der Waals surface area contributed by atoms with Crippen LogP contribution >= 0.6 is 0 Å². The molecule has 1 heterocycles. The van der Waals surface area contributed by atoms with Crippen molar-refractivity contribution in [2.24, 2.45) is 0 Å². The highest BCUT2D eigenvalue weighted by atomic mass is 16.5. The van der Waals surface area contributed by atoms with Crippen LogP contribution in [-0.4, -0.2) is 36.1 Å². The van der Waals surface area contributed by atoms with E-state index >= 15 is 0 Å². The molecule has 1 aliphatic heterocycles. The van der Waals surface area contributed by atoms with Crippen LogP contribution in [0.25, 0.3) is 0 Å². The van der Waals surface area contributed by atoms with Crippen molar-refractivity contribution in [2.45, 2.75) is 38.6 Å². The van der Waals surface area contributed by atoms with Crippen molar-refractivity contribution >= 4 is 45.5 Å². The molecule has 0 atom stereocenters. The third kappa shape index (κ3) is 9.91. The van der Waals surface area contributed by atoms with Crippen LogP contribution in [0.15, 0.2) is 84.9 Å². The second kappa shape index (κ2) is 15.4. The fourth-order valence-electron chi connectivity index (χ4n) is 4.77. The lowest BCUT2D eigenvalue weighted by atomic mass is 10.1. The van der Waals surface area contributed by atoms with Gasteiger partial charge >= 0.3 is 0 Å². The van der Waals surface area contributed by atoms with Crippen LogP contribution in [0, 0.1) is 0 Å². The molecule has 4 aromatic rings. The summed E-state index contributed by atoms with van der Waals surface area (Å²) in [5.74, 6) is 0. The number of nitrogens with zero attached hydrogens (tertiary/aromatic N) is 1. The van der Waals surface area contributed by atoms with E-state index in [1.54, 1.807) is 12.1 Å². The van der Waals surface area contributed by atoms with E-state index in [9.17, 15) is 0 Å². The Morgan fingerprint density at radius 1 is 0.605 bits per heavy atom. The quantitative estimate of drug-likeness (QED) is 0.0889. The molecule has 5 rings (SSSR count). The van der Waals surface area contributed by atoms with Crippen LogP contribution in [-0.2, 0) is 13.1 Å². The Kier molecular flexibility index (Phi) is 11.2. The molecule has 0 spiro atoms. The molecule has 0 bridgehead atoms. The summed E-state index contributed by atoms with van der Waals surface area (Å²) in [6.45, 7) is 4.13.